The number of hydrogen-bond acceptors (Lipinski definition) is 8. The first-order valence-electron chi connectivity index (χ1n) is 30.1. The molecule has 0 aromatic rings. The fourth-order valence-corrected chi connectivity index (χ4v) is 8.91. The number of nitrogens with one attached hydrogen (secondary N) is 1. The Bertz CT molecular complexity index is 1530. The predicted octanol–water partition coefficient (Wildman–Crippen LogP) is 15.3. The molecule has 1 rings (SSSR count). The highest BCUT2D eigenvalue weighted by Crippen LogP contribution is 2.23. The van der Waals surface area contributed by atoms with Gasteiger partial charge in [-0.1, -0.05) is 252 Å². The van der Waals surface area contributed by atoms with Crippen LogP contribution in [-0.4, -0.2) is 87.5 Å². The van der Waals surface area contributed by atoms with Crippen molar-refractivity contribution in [3.05, 3.63) is 109 Å². The number of carbonyl (C=O) groups is 1. The number of aliphatic hydroxyl groups excluding tert-OH is 5. The van der Waals surface area contributed by atoms with Gasteiger partial charge in [-0.05, 0) is 89.9 Å². The maximum Gasteiger partial charge on any atom is 0.220 e. The van der Waals surface area contributed by atoms with Crippen molar-refractivity contribution >= 4 is 5.91 Å². The van der Waals surface area contributed by atoms with E-state index in [0.717, 1.165) is 89.9 Å². The molecule has 1 aliphatic rings. The number of carbonyl (C=O) groups excluding carboxylic acids is 1. The highest BCUT2D eigenvalue weighted by molar-refractivity contribution is 5.76. The number of unbranched alkanes of at least 4 members (excludes halogenated alkanes) is 24. The van der Waals surface area contributed by atoms with Crippen LogP contribution >= 0.6 is 0 Å². The van der Waals surface area contributed by atoms with Gasteiger partial charge in [-0.3, -0.25) is 4.79 Å². The highest BCUT2D eigenvalue weighted by atomic mass is 16.7. The number of hydrogen-bond donors (Lipinski definition) is 6. The average Bonchev–Trinajstić information content (AvgIpc) is 3.40. The molecular weight excluding hydrogens is 923 g/mol. The molecule has 0 aromatic heterocycles. The van der Waals surface area contributed by atoms with E-state index < -0.39 is 49.5 Å². The van der Waals surface area contributed by atoms with Crippen LogP contribution in [0.25, 0.3) is 0 Å². The number of ether oxygens (including phenoxy) is 2. The van der Waals surface area contributed by atoms with E-state index in [1.54, 1.807) is 6.08 Å². The van der Waals surface area contributed by atoms with Gasteiger partial charge in [0.1, 0.15) is 24.4 Å². The van der Waals surface area contributed by atoms with Crippen molar-refractivity contribution in [2.75, 3.05) is 13.2 Å². The molecule has 0 radical (unpaired) electrons. The number of rotatable bonds is 50. The van der Waals surface area contributed by atoms with Gasteiger partial charge >= 0.3 is 0 Å². The third-order valence-corrected chi connectivity index (χ3v) is 13.6. The second-order valence-electron chi connectivity index (χ2n) is 20.4. The molecule has 424 valence electrons. The van der Waals surface area contributed by atoms with Gasteiger partial charge in [-0.15, -0.1) is 0 Å². The summed E-state index contributed by atoms with van der Waals surface area (Å²) < 4.78 is 11.2. The largest absolute Gasteiger partial charge is 0.394 e. The van der Waals surface area contributed by atoms with Crippen molar-refractivity contribution < 1.29 is 39.8 Å². The zero-order valence-corrected chi connectivity index (χ0v) is 47.1. The first kappa shape index (κ1) is 68.9. The number of aliphatic hydroxyl groups is 5. The Morgan fingerprint density at radius 3 is 1.24 bits per heavy atom. The van der Waals surface area contributed by atoms with Crippen molar-refractivity contribution in [1.82, 2.24) is 5.32 Å². The zero-order chi connectivity index (χ0) is 53.6. The summed E-state index contributed by atoms with van der Waals surface area (Å²) >= 11 is 0. The molecule has 0 aromatic carbocycles. The minimum atomic E-state index is -1.58. The van der Waals surface area contributed by atoms with Crippen LogP contribution in [-0.2, 0) is 14.3 Å². The molecular formula is C65H111NO8. The predicted molar refractivity (Wildman–Crippen MR) is 313 cm³/mol. The molecule has 9 nitrogen and oxygen atoms in total. The fraction of sp³-hybridized carbons (Fsp3) is 0.708. The Morgan fingerprint density at radius 1 is 0.459 bits per heavy atom. The standard InChI is InChI=1S/C65H111NO8/c1-3-5-7-9-11-13-15-16-17-18-19-20-21-22-23-24-25-26-27-28-29-30-31-32-33-34-35-36-37-38-39-40-41-42-43-44-45-47-49-51-53-55-61(69)66-58(57-73-65-64(72)63(71)62(70)60(56-67)74-65)59(68)54-52-50-48-46-14-12-10-8-6-4-2/h5-8,11,13-14,16-17,19-20,22-23,25-26,46,52,54,58-60,62-65,67-68,70-72H,3-4,9-10,12,15,18,21,24,27-45,47-51,53,55-57H2,1-2H3,(H,66,69)/b7-5-,8-6+,13-11-,17-16-,20-19-,23-22-,26-25-,46-14+,54-52+. The summed E-state index contributed by atoms with van der Waals surface area (Å²) in [4.78, 5) is 13.0. The van der Waals surface area contributed by atoms with Gasteiger partial charge in [0.2, 0.25) is 5.91 Å². The van der Waals surface area contributed by atoms with E-state index >= 15 is 0 Å². The zero-order valence-electron chi connectivity index (χ0n) is 47.1. The van der Waals surface area contributed by atoms with Crippen LogP contribution in [0.2, 0.25) is 0 Å². The molecule has 1 amide bonds. The lowest BCUT2D eigenvalue weighted by atomic mass is 9.99. The molecule has 1 fully saturated rings. The van der Waals surface area contributed by atoms with E-state index in [9.17, 15) is 30.3 Å². The van der Waals surface area contributed by atoms with Crippen LogP contribution in [0.5, 0.6) is 0 Å². The van der Waals surface area contributed by atoms with Gasteiger partial charge in [-0.25, -0.2) is 0 Å². The van der Waals surface area contributed by atoms with E-state index in [4.69, 9.17) is 9.47 Å². The monoisotopic (exact) mass is 1030 g/mol. The quantitative estimate of drug-likeness (QED) is 0.0261. The summed E-state index contributed by atoms with van der Waals surface area (Å²) in [6.07, 6.45) is 72.1. The minimum Gasteiger partial charge on any atom is -0.394 e. The Labute approximate surface area is 453 Å². The number of allylic oxidation sites excluding steroid dienone is 17. The molecule has 1 heterocycles. The first-order valence-corrected chi connectivity index (χ1v) is 30.1. The summed E-state index contributed by atoms with van der Waals surface area (Å²) in [5.74, 6) is -0.194. The van der Waals surface area contributed by atoms with Crippen molar-refractivity contribution in [3.8, 4) is 0 Å². The van der Waals surface area contributed by atoms with E-state index in [1.165, 1.54) is 128 Å². The second-order valence-corrected chi connectivity index (χ2v) is 20.4. The maximum atomic E-state index is 13.0. The topological polar surface area (TPSA) is 149 Å². The maximum absolute atomic E-state index is 13.0. The first-order chi connectivity index (χ1) is 36.3. The molecule has 0 bridgehead atoms. The van der Waals surface area contributed by atoms with E-state index in [-0.39, 0.29) is 12.5 Å². The summed E-state index contributed by atoms with van der Waals surface area (Å²) in [5, 5.41) is 54.2. The molecule has 1 aliphatic heterocycles. The van der Waals surface area contributed by atoms with E-state index in [1.807, 2.05) is 6.08 Å². The van der Waals surface area contributed by atoms with Gasteiger partial charge in [0, 0.05) is 6.42 Å². The van der Waals surface area contributed by atoms with Crippen molar-refractivity contribution in [2.24, 2.45) is 0 Å². The van der Waals surface area contributed by atoms with Gasteiger partial charge in [0.05, 0.1) is 25.4 Å². The van der Waals surface area contributed by atoms with Crippen LogP contribution in [0.1, 0.15) is 239 Å². The highest BCUT2D eigenvalue weighted by Gasteiger charge is 2.44. The normalized spacial score (nSPS) is 19.8. The summed E-state index contributed by atoms with van der Waals surface area (Å²) in [6, 6.07) is -0.829. The van der Waals surface area contributed by atoms with Gasteiger partial charge < -0.3 is 40.3 Å². The SMILES string of the molecule is CC/C=C\C/C=C\C/C=C\C/C=C\C/C=C\C/C=C\CCCCCCCCCCCCCCCCCCCCCCCCC(=O)NC(COC1OC(CO)C(O)C(O)C1O)C(O)/C=C/CC/C=C/CC/C=C/CC. The summed E-state index contributed by atoms with van der Waals surface area (Å²) in [7, 11) is 0. The summed E-state index contributed by atoms with van der Waals surface area (Å²) in [5.41, 5.74) is 0. The molecule has 1 saturated heterocycles. The Kier molecular flexibility index (Phi) is 49.6. The molecule has 0 saturated carbocycles. The Morgan fingerprint density at radius 2 is 0.811 bits per heavy atom. The average molecular weight is 1030 g/mol. The van der Waals surface area contributed by atoms with Crippen LogP contribution in [0.15, 0.2) is 109 Å². The van der Waals surface area contributed by atoms with Crippen LogP contribution in [0.4, 0.5) is 0 Å². The van der Waals surface area contributed by atoms with E-state index in [0.29, 0.717) is 6.42 Å². The lowest BCUT2D eigenvalue weighted by Crippen LogP contribution is -2.60. The molecule has 74 heavy (non-hydrogen) atoms. The van der Waals surface area contributed by atoms with Gasteiger partial charge in [0.25, 0.3) is 0 Å². The Balaban J connectivity index is 2.02. The molecule has 0 aliphatic carbocycles. The second kappa shape index (κ2) is 53.3. The van der Waals surface area contributed by atoms with E-state index in [2.05, 4.69) is 116 Å². The molecule has 9 heteroatoms. The third kappa shape index (κ3) is 42.0. The molecule has 7 atom stereocenters. The molecule has 6 N–H and O–H groups in total. The molecule has 7 unspecified atom stereocenters. The van der Waals surface area contributed by atoms with Gasteiger partial charge in [-0.2, -0.15) is 0 Å². The number of amides is 1. The molecule has 0 spiro atoms. The van der Waals surface area contributed by atoms with Crippen LogP contribution in [0, 0.1) is 0 Å². The summed E-state index contributed by atoms with van der Waals surface area (Å²) in [6.45, 7) is 3.51. The van der Waals surface area contributed by atoms with Crippen molar-refractivity contribution in [3.63, 3.8) is 0 Å². The lowest BCUT2D eigenvalue weighted by Gasteiger charge is -2.40. The third-order valence-electron chi connectivity index (χ3n) is 13.6. The van der Waals surface area contributed by atoms with Gasteiger partial charge in [0.15, 0.2) is 6.29 Å². The smallest absolute Gasteiger partial charge is 0.220 e. The van der Waals surface area contributed by atoms with Crippen molar-refractivity contribution in [2.45, 2.75) is 281 Å². The lowest BCUT2D eigenvalue weighted by molar-refractivity contribution is -0.302. The van der Waals surface area contributed by atoms with Crippen LogP contribution < -0.4 is 5.32 Å². The Hall–Kier alpha value is -3.15. The fourth-order valence-electron chi connectivity index (χ4n) is 8.91. The van der Waals surface area contributed by atoms with Crippen molar-refractivity contribution in [1.29, 1.82) is 0 Å². The minimum absolute atomic E-state index is 0.194. The van der Waals surface area contributed by atoms with Crippen LogP contribution in [0.3, 0.4) is 0 Å².